The van der Waals surface area contributed by atoms with Crippen molar-refractivity contribution in [3.63, 3.8) is 0 Å². The normalized spacial score (nSPS) is 10.7. The van der Waals surface area contributed by atoms with Crippen LogP contribution in [-0.4, -0.2) is 0 Å². The zero-order valence-corrected chi connectivity index (χ0v) is 10.4. The van der Waals surface area contributed by atoms with E-state index in [1.807, 2.05) is 24.3 Å². The predicted octanol–water partition coefficient (Wildman–Crippen LogP) is 4.83. The number of halogens is 2. The van der Waals surface area contributed by atoms with E-state index in [0.717, 1.165) is 17.3 Å². The van der Waals surface area contributed by atoms with Crippen molar-refractivity contribution < 1.29 is 8.78 Å². The molecule has 0 aliphatic heterocycles. The molecule has 94 valence electrons. The first kappa shape index (κ1) is 12.6. The summed E-state index contributed by atoms with van der Waals surface area (Å²) in [4.78, 5) is 0. The maximum atomic E-state index is 13.1. The van der Waals surface area contributed by atoms with E-state index < -0.39 is 11.6 Å². The van der Waals surface area contributed by atoms with E-state index in [1.54, 1.807) is 0 Å². The van der Waals surface area contributed by atoms with Gasteiger partial charge < -0.3 is 5.32 Å². The van der Waals surface area contributed by atoms with Gasteiger partial charge in [-0.15, -0.1) is 0 Å². The average Bonchev–Trinajstić information content (AvgIpc) is 2.27. The van der Waals surface area contributed by atoms with Crippen LogP contribution >= 0.6 is 0 Å². The Hall–Kier alpha value is -1.90. The highest BCUT2D eigenvalue weighted by molar-refractivity contribution is 5.63. The van der Waals surface area contributed by atoms with Crippen molar-refractivity contribution >= 4 is 11.4 Å². The molecule has 1 nitrogen and oxygen atoms in total. The maximum absolute atomic E-state index is 13.1. The molecular weight excluding hydrogens is 232 g/mol. The topological polar surface area (TPSA) is 12.0 Å². The van der Waals surface area contributed by atoms with Gasteiger partial charge in [-0.1, -0.05) is 32.0 Å². The van der Waals surface area contributed by atoms with Gasteiger partial charge in [0, 0.05) is 17.4 Å². The monoisotopic (exact) mass is 247 g/mol. The molecule has 0 radical (unpaired) electrons. The largest absolute Gasteiger partial charge is 0.355 e. The second-order valence-electron chi connectivity index (χ2n) is 4.53. The van der Waals surface area contributed by atoms with Crippen LogP contribution in [0.15, 0.2) is 42.5 Å². The van der Waals surface area contributed by atoms with Gasteiger partial charge in [-0.25, -0.2) is 8.78 Å². The summed E-state index contributed by atoms with van der Waals surface area (Å²) in [6, 6.07) is 11.2. The number of anilines is 2. The summed E-state index contributed by atoms with van der Waals surface area (Å²) in [6.07, 6.45) is 0. The van der Waals surface area contributed by atoms with Gasteiger partial charge in [0.1, 0.15) is 11.6 Å². The van der Waals surface area contributed by atoms with Crippen LogP contribution in [0.2, 0.25) is 0 Å². The van der Waals surface area contributed by atoms with Gasteiger partial charge in [-0.3, -0.25) is 0 Å². The Balaban J connectivity index is 2.34. The zero-order chi connectivity index (χ0) is 13.1. The molecule has 0 aliphatic carbocycles. The molecule has 2 aromatic rings. The SMILES string of the molecule is CC(C)c1ccccc1Nc1cc(F)cc(F)c1. The molecule has 0 spiro atoms. The van der Waals surface area contributed by atoms with Gasteiger partial charge in [-0.2, -0.15) is 0 Å². The van der Waals surface area contributed by atoms with Crippen molar-refractivity contribution in [1.82, 2.24) is 0 Å². The predicted molar refractivity (Wildman–Crippen MR) is 70.2 cm³/mol. The molecule has 2 aromatic carbocycles. The quantitative estimate of drug-likeness (QED) is 0.819. The van der Waals surface area contributed by atoms with Crippen molar-refractivity contribution in [2.45, 2.75) is 19.8 Å². The van der Waals surface area contributed by atoms with Gasteiger partial charge in [0.2, 0.25) is 0 Å². The second-order valence-corrected chi connectivity index (χ2v) is 4.53. The average molecular weight is 247 g/mol. The molecule has 0 fully saturated rings. The molecule has 0 amide bonds. The van der Waals surface area contributed by atoms with Crippen LogP contribution in [0, 0.1) is 11.6 Å². The van der Waals surface area contributed by atoms with Crippen LogP contribution in [0.1, 0.15) is 25.3 Å². The zero-order valence-electron chi connectivity index (χ0n) is 10.4. The summed E-state index contributed by atoms with van der Waals surface area (Å²) in [7, 11) is 0. The molecule has 1 N–H and O–H groups in total. The number of rotatable bonds is 3. The molecule has 0 saturated carbocycles. The van der Waals surface area contributed by atoms with Crippen molar-refractivity contribution in [2.75, 3.05) is 5.32 Å². The molecule has 18 heavy (non-hydrogen) atoms. The Bertz CT molecular complexity index is 530. The summed E-state index contributed by atoms with van der Waals surface area (Å²) in [5.41, 5.74) is 2.40. The number of hydrogen-bond acceptors (Lipinski definition) is 1. The fraction of sp³-hybridized carbons (Fsp3) is 0.200. The lowest BCUT2D eigenvalue weighted by atomic mass is 10.0. The first-order valence-electron chi connectivity index (χ1n) is 5.88. The number of nitrogens with one attached hydrogen (secondary N) is 1. The third kappa shape index (κ3) is 2.86. The van der Waals surface area contributed by atoms with E-state index in [2.05, 4.69) is 19.2 Å². The molecule has 0 aromatic heterocycles. The first-order valence-corrected chi connectivity index (χ1v) is 5.88. The van der Waals surface area contributed by atoms with Gasteiger partial charge in [0.25, 0.3) is 0 Å². The van der Waals surface area contributed by atoms with E-state index in [-0.39, 0.29) is 0 Å². The minimum absolute atomic E-state index is 0.340. The van der Waals surface area contributed by atoms with Crippen molar-refractivity contribution in [1.29, 1.82) is 0 Å². The lowest BCUT2D eigenvalue weighted by molar-refractivity contribution is 0.584. The third-order valence-corrected chi connectivity index (χ3v) is 2.72. The fourth-order valence-electron chi connectivity index (χ4n) is 1.90. The van der Waals surface area contributed by atoms with E-state index in [0.29, 0.717) is 11.6 Å². The molecule has 0 unspecified atom stereocenters. The molecule has 0 heterocycles. The van der Waals surface area contributed by atoms with Gasteiger partial charge in [-0.05, 0) is 29.7 Å². The van der Waals surface area contributed by atoms with E-state index in [9.17, 15) is 8.78 Å². The summed E-state index contributed by atoms with van der Waals surface area (Å²) in [6.45, 7) is 4.15. The Labute approximate surface area is 105 Å². The number of benzene rings is 2. The lowest BCUT2D eigenvalue weighted by Crippen LogP contribution is -1.98. The molecular formula is C15H15F2N. The Kier molecular flexibility index (Phi) is 3.60. The Morgan fingerprint density at radius 1 is 0.944 bits per heavy atom. The Morgan fingerprint density at radius 2 is 1.56 bits per heavy atom. The number of hydrogen-bond donors (Lipinski definition) is 1. The molecule has 3 heteroatoms. The smallest absolute Gasteiger partial charge is 0.128 e. The highest BCUT2D eigenvalue weighted by atomic mass is 19.1. The van der Waals surface area contributed by atoms with Crippen LogP contribution in [-0.2, 0) is 0 Å². The second kappa shape index (κ2) is 5.17. The van der Waals surface area contributed by atoms with E-state index in [4.69, 9.17) is 0 Å². The third-order valence-electron chi connectivity index (χ3n) is 2.72. The fourth-order valence-corrected chi connectivity index (χ4v) is 1.90. The molecule has 0 atom stereocenters. The van der Waals surface area contributed by atoms with Gasteiger partial charge >= 0.3 is 0 Å². The summed E-state index contributed by atoms with van der Waals surface area (Å²) < 4.78 is 26.2. The summed E-state index contributed by atoms with van der Waals surface area (Å²) in [5, 5.41) is 3.06. The maximum Gasteiger partial charge on any atom is 0.128 e. The Morgan fingerprint density at radius 3 is 2.17 bits per heavy atom. The summed E-state index contributed by atoms with van der Waals surface area (Å²) in [5.74, 6) is -0.828. The lowest BCUT2D eigenvalue weighted by Gasteiger charge is -2.14. The number of para-hydroxylation sites is 1. The van der Waals surface area contributed by atoms with Crippen LogP contribution in [0.3, 0.4) is 0 Å². The van der Waals surface area contributed by atoms with Crippen LogP contribution in [0.4, 0.5) is 20.2 Å². The van der Waals surface area contributed by atoms with Crippen LogP contribution in [0.25, 0.3) is 0 Å². The first-order chi connectivity index (χ1) is 8.56. The van der Waals surface area contributed by atoms with Gasteiger partial charge in [0.15, 0.2) is 0 Å². The van der Waals surface area contributed by atoms with Crippen molar-refractivity contribution in [2.24, 2.45) is 0 Å². The molecule has 0 aliphatic rings. The van der Waals surface area contributed by atoms with E-state index in [1.165, 1.54) is 12.1 Å². The highest BCUT2D eigenvalue weighted by Crippen LogP contribution is 2.27. The van der Waals surface area contributed by atoms with Crippen LogP contribution in [0.5, 0.6) is 0 Å². The highest BCUT2D eigenvalue weighted by Gasteiger charge is 2.07. The molecule has 0 bridgehead atoms. The van der Waals surface area contributed by atoms with E-state index >= 15 is 0 Å². The van der Waals surface area contributed by atoms with Crippen molar-refractivity contribution in [3.8, 4) is 0 Å². The van der Waals surface area contributed by atoms with Crippen LogP contribution < -0.4 is 5.32 Å². The minimum atomic E-state index is -0.584. The molecule has 2 rings (SSSR count). The van der Waals surface area contributed by atoms with Gasteiger partial charge in [0.05, 0.1) is 0 Å². The summed E-state index contributed by atoms with van der Waals surface area (Å²) >= 11 is 0. The molecule has 0 saturated heterocycles. The standard InChI is InChI=1S/C15H15F2N/c1-10(2)14-5-3-4-6-15(14)18-13-8-11(16)7-12(17)9-13/h3-10,18H,1-2H3. The minimum Gasteiger partial charge on any atom is -0.355 e. The van der Waals surface area contributed by atoms with Crippen molar-refractivity contribution in [3.05, 3.63) is 59.7 Å².